The predicted octanol–water partition coefficient (Wildman–Crippen LogP) is 5.71. The van der Waals surface area contributed by atoms with Crippen LogP contribution in [-0.4, -0.2) is 8.80 Å². The topological polar surface area (TPSA) is 27.7 Å². The first-order valence-corrected chi connectivity index (χ1v) is 11.4. The van der Waals surface area contributed by atoms with Crippen LogP contribution < -0.4 is 18.5 Å². The summed E-state index contributed by atoms with van der Waals surface area (Å²) in [5.74, 6) is 2.05. The van der Waals surface area contributed by atoms with E-state index in [1.165, 1.54) is 0 Å². The summed E-state index contributed by atoms with van der Waals surface area (Å²) in [6.45, 7) is 3.84. The van der Waals surface area contributed by atoms with Crippen LogP contribution in [0.5, 0.6) is 17.2 Å². The zero-order chi connectivity index (χ0) is 20.7. The maximum absolute atomic E-state index is 6.54. The van der Waals surface area contributed by atoms with Crippen molar-refractivity contribution in [3.05, 3.63) is 127 Å². The highest BCUT2D eigenvalue weighted by atomic mass is 28.4. The number of para-hydroxylation sites is 3. The normalized spacial score (nSPS) is 10.8. The summed E-state index contributed by atoms with van der Waals surface area (Å²) in [4.78, 5) is 0. The maximum atomic E-state index is 6.54. The third kappa shape index (κ3) is 4.62. The minimum absolute atomic E-state index is 0.684. The fraction of sp³-hybridized carbons (Fsp3) is 0. The molecule has 0 aromatic heterocycles. The first-order valence-electron chi connectivity index (χ1n) is 9.73. The Balaban J connectivity index is 1.84. The SMILES string of the molecule is C=Cc1ccc([Si](Oc2ccccc2)(Oc2ccccc2)Oc2ccccc2)cc1. The first kappa shape index (κ1) is 19.5. The van der Waals surface area contributed by atoms with Gasteiger partial charge in [0.25, 0.3) is 0 Å². The Morgan fingerprint density at radius 2 is 0.867 bits per heavy atom. The van der Waals surface area contributed by atoms with Gasteiger partial charge in [-0.1, -0.05) is 91.5 Å². The summed E-state index contributed by atoms with van der Waals surface area (Å²) in [5, 5.41) is 0.852. The summed E-state index contributed by atoms with van der Waals surface area (Å²) in [6.07, 6.45) is 1.81. The lowest BCUT2D eigenvalue weighted by molar-refractivity contribution is 0.281. The van der Waals surface area contributed by atoms with Crippen LogP contribution in [0.4, 0.5) is 0 Å². The molecular weight excluding hydrogens is 388 g/mol. The largest absolute Gasteiger partial charge is 0.737 e. The van der Waals surface area contributed by atoms with Gasteiger partial charge in [-0.05, 0) is 42.0 Å². The third-order valence-electron chi connectivity index (χ3n) is 4.49. The van der Waals surface area contributed by atoms with Crippen LogP contribution in [-0.2, 0) is 0 Å². The number of hydrogen-bond donors (Lipinski definition) is 0. The predicted molar refractivity (Wildman–Crippen MR) is 123 cm³/mol. The van der Waals surface area contributed by atoms with Crippen molar-refractivity contribution in [1.29, 1.82) is 0 Å². The number of benzene rings is 4. The van der Waals surface area contributed by atoms with E-state index in [4.69, 9.17) is 13.3 Å². The van der Waals surface area contributed by atoms with Crippen LogP contribution in [0.1, 0.15) is 5.56 Å². The molecule has 30 heavy (non-hydrogen) atoms. The van der Waals surface area contributed by atoms with Crippen molar-refractivity contribution in [1.82, 2.24) is 0 Å². The highest BCUT2D eigenvalue weighted by Crippen LogP contribution is 2.24. The van der Waals surface area contributed by atoms with Gasteiger partial charge in [0.15, 0.2) is 0 Å². The van der Waals surface area contributed by atoms with Crippen molar-refractivity contribution in [2.24, 2.45) is 0 Å². The standard InChI is InChI=1S/C26H22O3Si/c1-2-22-18-20-26(21-19-22)30(27-23-12-6-3-7-13-23,28-24-14-8-4-9-15-24)29-25-16-10-5-11-17-25/h2-21H,1H2. The van der Waals surface area contributed by atoms with Crippen molar-refractivity contribution < 1.29 is 13.3 Å². The molecule has 3 nitrogen and oxygen atoms in total. The van der Waals surface area contributed by atoms with Gasteiger partial charge in [0.1, 0.15) is 17.2 Å². The Kier molecular flexibility index (Phi) is 5.97. The van der Waals surface area contributed by atoms with Gasteiger partial charge in [0, 0.05) is 0 Å². The maximum Gasteiger partial charge on any atom is 0.737 e. The highest BCUT2D eigenvalue weighted by Gasteiger charge is 2.52. The van der Waals surface area contributed by atoms with E-state index in [-0.39, 0.29) is 0 Å². The molecule has 0 saturated carbocycles. The van der Waals surface area contributed by atoms with Crippen LogP contribution in [0.25, 0.3) is 6.08 Å². The second kappa shape index (κ2) is 9.16. The summed E-state index contributed by atoms with van der Waals surface area (Å²) in [7, 11) is -3.46. The molecule has 0 radical (unpaired) electrons. The lowest BCUT2D eigenvalue weighted by Gasteiger charge is -2.30. The molecule has 4 rings (SSSR count). The van der Waals surface area contributed by atoms with Crippen molar-refractivity contribution >= 4 is 20.1 Å². The van der Waals surface area contributed by atoms with Crippen molar-refractivity contribution in [2.75, 3.05) is 0 Å². The molecule has 4 aromatic rings. The van der Waals surface area contributed by atoms with E-state index in [0.717, 1.165) is 10.8 Å². The molecule has 0 unspecified atom stereocenters. The lowest BCUT2D eigenvalue weighted by Crippen LogP contribution is -2.64. The second-order valence-electron chi connectivity index (χ2n) is 6.63. The van der Waals surface area contributed by atoms with Gasteiger partial charge < -0.3 is 13.3 Å². The van der Waals surface area contributed by atoms with Gasteiger partial charge >= 0.3 is 8.80 Å². The molecule has 4 aromatic carbocycles. The smallest absolute Gasteiger partial charge is 0.480 e. The molecular formula is C26H22O3Si. The fourth-order valence-electron chi connectivity index (χ4n) is 2.99. The molecule has 4 heteroatoms. The monoisotopic (exact) mass is 410 g/mol. The highest BCUT2D eigenvalue weighted by molar-refractivity contribution is 6.77. The molecule has 0 N–H and O–H groups in total. The third-order valence-corrected chi connectivity index (χ3v) is 7.04. The Bertz CT molecular complexity index is 964. The average Bonchev–Trinajstić information content (AvgIpc) is 2.81. The molecule has 0 aliphatic carbocycles. The second-order valence-corrected chi connectivity index (χ2v) is 8.93. The van der Waals surface area contributed by atoms with E-state index in [1.54, 1.807) is 6.08 Å². The van der Waals surface area contributed by atoms with E-state index >= 15 is 0 Å². The minimum Gasteiger partial charge on any atom is -0.480 e. The molecule has 0 saturated heterocycles. The van der Waals surface area contributed by atoms with Gasteiger partial charge in [0.05, 0.1) is 5.19 Å². The molecule has 0 fully saturated rings. The molecule has 148 valence electrons. The minimum atomic E-state index is -3.46. The molecule has 0 heterocycles. The molecule has 0 amide bonds. The van der Waals surface area contributed by atoms with Crippen molar-refractivity contribution in [3.63, 3.8) is 0 Å². The lowest BCUT2D eigenvalue weighted by atomic mass is 10.2. The van der Waals surface area contributed by atoms with E-state index in [1.807, 2.05) is 115 Å². The summed E-state index contributed by atoms with van der Waals surface area (Å²) >= 11 is 0. The number of hydrogen-bond acceptors (Lipinski definition) is 3. The van der Waals surface area contributed by atoms with Gasteiger partial charge in [-0.3, -0.25) is 0 Å². The van der Waals surface area contributed by atoms with Gasteiger partial charge in [-0.15, -0.1) is 0 Å². The Morgan fingerprint density at radius 1 is 0.500 bits per heavy atom. The van der Waals surface area contributed by atoms with E-state index in [0.29, 0.717) is 17.2 Å². The van der Waals surface area contributed by atoms with Crippen LogP contribution in [0.3, 0.4) is 0 Å². The zero-order valence-electron chi connectivity index (χ0n) is 16.5. The average molecular weight is 411 g/mol. The zero-order valence-corrected chi connectivity index (χ0v) is 17.5. The van der Waals surface area contributed by atoms with Crippen molar-refractivity contribution in [2.45, 2.75) is 0 Å². The molecule has 0 atom stereocenters. The first-order chi connectivity index (χ1) is 14.8. The van der Waals surface area contributed by atoms with Crippen LogP contribution in [0.2, 0.25) is 0 Å². The van der Waals surface area contributed by atoms with Crippen LogP contribution in [0, 0.1) is 0 Å². The van der Waals surface area contributed by atoms with Crippen molar-refractivity contribution in [3.8, 4) is 17.2 Å². The Hall–Kier alpha value is -3.76. The van der Waals surface area contributed by atoms with Crippen LogP contribution >= 0.6 is 0 Å². The molecule has 0 bridgehead atoms. The summed E-state index contributed by atoms with van der Waals surface area (Å²) in [6, 6.07) is 36.8. The Morgan fingerprint density at radius 3 is 1.20 bits per heavy atom. The van der Waals surface area contributed by atoms with Crippen LogP contribution in [0.15, 0.2) is 122 Å². The Labute approximate surface area is 178 Å². The molecule has 0 spiro atoms. The summed E-state index contributed by atoms with van der Waals surface area (Å²) in [5.41, 5.74) is 1.01. The van der Waals surface area contributed by atoms with Gasteiger partial charge in [0.2, 0.25) is 0 Å². The summed E-state index contributed by atoms with van der Waals surface area (Å²) < 4.78 is 19.6. The van der Waals surface area contributed by atoms with Gasteiger partial charge in [-0.2, -0.15) is 0 Å². The molecule has 0 aliphatic heterocycles. The molecule has 0 aliphatic rings. The van der Waals surface area contributed by atoms with E-state index in [9.17, 15) is 0 Å². The van der Waals surface area contributed by atoms with E-state index < -0.39 is 8.80 Å². The van der Waals surface area contributed by atoms with Gasteiger partial charge in [-0.25, -0.2) is 0 Å². The number of rotatable bonds is 8. The quantitative estimate of drug-likeness (QED) is 0.348. The fourth-order valence-corrected chi connectivity index (χ4v) is 5.39. The van der Waals surface area contributed by atoms with E-state index in [2.05, 4.69) is 6.58 Å².